The Morgan fingerprint density at radius 3 is 2.83 bits per heavy atom. The summed E-state index contributed by atoms with van der Waals surface area (Å²) in [5.74, 6) is -0.0737. The maximum absolute atomic E-state index is 12.2. The third-order valence-corrected chi connectivity index (χ3v) is 3.31. The normalized spacial score (nSPS) is 10.3. The van der Waals surface area contributed by atoms with Crippen LogP contribution in [-0.4, -0.2) is 17.9 Å². The Kier molecular flexibility index (Phi) is 3.72. The number of carbonyl (C=O) groups is 1. The molecule has 1 aromatic carbocycles. The van der Waals surface area contributed by atoms with E-state index in [0.717, 1.165) is 10.0 Å². The third-order valence-electron chi connectivity index (χ3n) is 2.59. The lowest BCUT2D eigenvalue weighted by Gasteiger charge is -2.16. The molecule has 2 rings (SSSR count). The minimum Gasteiger partial charge on any atom is -0.472 e. The zero-order valence-corrected chi connectivity index (χ0v) is 11.5. The van der Waals surface area contributed by atoms with Crippen LogP contribution in [0.2, 0.25) is 0 Å². The number of hydrogen-bond acceptors (Lipinski definition) is 3. The van der Waals surface area contributed by atoms with Crippen LogP contribution in [-0.2, 0) is 6.54 Å². The van der Waals surface area contributed by atoms with Gasteiger partial charge in [-0.15, -0.1) is 0 Å². The van der Waals surface area contributed by atoms with Crippen LogP contribution in [0, 0.1) is 0 Å². The summed E-state index contributed by atoms with van der Waals surface area (Å²) >= 11 is 3.30. The Hall–Kier alpha value is -1.75. The molecule has 0 saturated heterocycles. The van der Waals surface area contributed by atoms with Gasteiger partial charge in [0.25, 0.3) is 5.91 Å². The fourth-order valence-electron chi connectivity index (χ4n) is 1.63. The number of nitrogen functional groups attached to an aromatic ring is 1. The third kappa shape index (κ3) is 2.73. The number of nitrogens with two attached hydrogens (primary N) is 1. The molecule has 0 atom stereocenters. The average molecular weight is 309 g/mol. The molecule has 2 aromatic rings. The zero-order valence-electron chi connectivity index (χ0n) is 9.89. The van der Waals surface area contributed by atoms with Crippen molar-refractivity contribution in [1.29, 1.82) is 0 Å². The van der Waals surface area contributed by atoms with Gasteiger partial charge in [0.2, 0.25) is 0 Å². The number of nitrogens with zero attached hydrogens (tertiary/aromatic N) is 1. The van der Waals surface area contributed by atoms with Gasteiger partial charge in [0.05, 0.1) is 12.5 Å². The molecule has 0 saturated carbocycles. The zero-order chi connectivity index (χ0) is 13.1. The van der Waals surface area contributed by atoms with Crippen molar-refractivity contribution in [2.24, 2.45) is 0 Å². The van der Waals surface area contributed by atoms with Gasteiger partial charge in [0, 0.05) is 34.9 Å². The van der Waals surface area contributed by atoms with Crippen LogP contribution in [0.15, 0.2) is 45.7 Å². The van der Waals surface area contributed by atoms with Crippen molar-refractivity contribution in [2.45, 2.75) is 6.54 Å². The molecule has 18 heavy (non-hydrogen) atoms. The summed E-state index contributed by atoms with van der Waals surface area (Å²) in [4.78, 5) is 13.8. The quantitative estimate of drug-likeness (QED) is 0.887. The molecule has 0 fully saturated rings. The van der Waals surface area contributed by atoms with Crippen molar-refractivity contribution in [1.82, 2.24) is 4.90 Å². The maximum atomic E-state index is 12.2. The first-order valence-corrected chi connectivity index (χ1v) is 6.19. The van der Waals surface area contributed by atoms with Gasteiger partial charge in [-0.2, -0.15) is 0 Å². The Balaban J connectivity index is 2.12. The molecule has 5 heteroatoms. The predicted molar refractivity (Wildman–Crippen MR) is 73.1 cm³/mol. The number of carbonyl (C=O) groups excluding carboxylic acids is 1. The Bertz CT molecular complexity index is 552. The number of hydrogen-bond donors (Lipinski definition) is 1. The summed E-state index contributed by atoms with van der Waals surface area (Å²) in [6, 6.07) is 7.01. The van der Waals surface area contributed by atoms with E-state index in [0.29, 0.717) is 17.8 Å². The highest BCUT2D eigenvalue weighted by atomic mass is 79.9. The predicted octanol–water partition coefficient (Wildman–Crippen LogP) is 2.90. The molecule has 1 aromatic heterocycles. The number of furan rings is 1. The molecular formula is C13H13BrN2O2. The van der Waals surface area contributed by atoms with Gasteiger partial charge in [-0.1, -0.05) is 0 Å². The summed E-state index contributed by atoms with van der Waals surface area (Å²) < 4.78 is 5.76. The summed E-state index contributed by atoms with van der Waals surface area (Å²) in [5, 5.41) is 0. The Labute approximate surface area is 114 Å². The Morgan fingerprint density at radius 2 is 2.22 bits per heavy atom. The van der Waals surface area contributed by atoms with Gasteiger partial charge < -0.3 is 15.1 Å². The van der Waals surface area contributed by atoms with E-state index < -0.39 is 0 Å². The van der Waals surface area contributed by atoms with E-state index in [1.807, 2.05) is 6.07 Å². The van der Waals surface area contributed by atoms with E-state index in [9.17, 15) is 4.79 Å². The standard InChI is InChI=1S/C13H13BrN2O2/c1-16(7-9-4-5-18-8-9)13(17)10-2-3-11(14)12(15)6-10/h2-6,8H,7,15H2,1H3. The van der Waals surface area contributed by atoms with Gasteiger partial charge in [0.15, 0.2) is 0 Å². The van der Waals surface area contributed by atoms with Crippen LogP contribution in [0.25, 0.3) is 0 Å². The summed E-state index contributed by atoms with van der Waals surface area (Å²) in [7, 11) is 1.74. The molecule has 1 heterocycles. The molecule has 1 amide bonds. The van der Waals surface area contributed by atoms with Crippen LogP contribution in [0.4, 0.5) is 5.69 Å². The number of amides is 1. The minimum absolute atomic E-state index is 0.0737. The highest BCUT2D eigenvalue weighted by Crippen LogP contribution is 2.21. The van der Waals surface area contributed by atoms with Gasteiger partial charge in [-0.3, -0.25) is 4.79 Å². The molecule has 94 valence electrons. The van der Waals surface area contributed by atoms with E-state index in [1.165, 1.54) is 0 Å². The number of halogens is 1. The fourth-order valence-corrected chi connectivity index (χ4v) is 1.87. The van der Waals surface area contributed by atoms with E-state index in [4.69, 9.17) is 10.2 Å². The SMILES string of the molecule is CN(Cc1ccoc1)C(=O)c1ccc(Br)c(N)c1. The molecule has 0 aliphatic heterocycles. The lowest BCUT2D eigenvalue weighted by molar-refractivity contribution is 0.0785. The first-order chi connectivity index (χ1) is 8.58. The molecule has 0 radical (unpaired) electrons. The molecule has 0 aliphatic carbocycles. The average Bonchev–Trinajstić information content (AvgIpc) is 2.84. The van der Waals surface area contributed by atoms with Crippen LogP contribution in [0.1, 0.15) is 15.9 Å². The molecular weight excluding hydrogens is 296 g/mol. The molecule has 2 N–H and O–H groups in total. The molecule has 0 unspecified atom stereocenters. The lowest BCUT2D eigenvalue weighted by atomic mass is 10.1. The van der Waals surface area contributed by atoms with E-state index in [1.54, 1.807) is 42.7 Å². The molecule has 0 spiro atoms. The number of anilines is 1. The Morgan fingerprint density at radius 1 is 1.44 bits per heavy atom. The summed E-state index contributed by atoms with van der Waals surface area (Å²) in [5.41, 5.74) is 7.84. The van der Waals surface area contributed by atoms with Crippen molar-refractivity contribution in [3.05, 3.63) is 52.4 Å². The van der Waals surface area contributed by atoms with E-state index in [2.05, 4.69) is 15.9 Å². The van der Waals surface area contributed by atoms with E-state index in [-0.39, 0.29) is 5.91 Å². The highest BCUT2D eigenvalue weighted by Gasteiger charge is 2.13. The van der Waals surface area contributed by atoms with Gasteiger partial charge >= 0.3 is 0 Å². The highest BCUT2D eigenvalue weighted by molar-refractivity contribution is 9.10. The van der Waals surface area contributed by atoms with Crippen molar-refractivity contribution >= 4 is 27.5 Å². The van der Waals surface area contributed by atoms with Crippen LogP contribution in [0.3, 0.4) is 0 Å². The number of rotatable bonds is 3. The second-order valence-electron chi connectivity index (χ2n) is 4.03. The van der Waals surface area contributed by atoms with Crippen molar-refractivity contribution in [3.8, 4) is 0 Å². The number of benzene rings is 1. The monoisotopic (exact) mass is 308 g/mol. The van der Waals surface area contributed by atoms with Gasteiger partial charge in [-0.25, -0.2) is 0 Å². The van der Waals surface area contributed by atoms with Crippen LogP contribution in [0.5, 0.6) is 0 Å². The molecule has 0 bridgehead atoms. The topological polar surface area (TPSA) is 59.5 Å². The van der Waals surface area contributed by atoms with Crippen molar-refractivity contribution < 1.29 is 9.21 Å². The first kappa shape index (κ1) is 12.7. The smallest absolute Gasteiger partial charge is 0.253 e. The van der Waals surface area contributed by atoms with Gasteiger partial charge in [0.1, 0.15) is 0 Å². The second kappa shape index (κ2) is 5.27. The van der Waals surface area contributed by atoms with Gasteiger partial charge in [-0.05, 0) is 40.2 Å². The lowest BCUT2D eigenvalue weighted by Crippen LogP contribution is -2.26. The van der Waals surface area contributed by atoms with Crippen molar-refractivity contribution in [2.75, 3.05) is 12.8 Å². The maximum Gasteiger partial charge on any atom is 0.253 e. The summed E-state index contributed by atoms with van der Waals surface area (Å²) in [6.07, 6.45) is 3.21. The largest absolute Gasteiger partial charge is 0.472 e. The van der Waals surface area contributed by atoms with Crippen LogP contribution < -0.4 is 5.73 Å². The minimum atomic E-state index is -0.0737. The van der Waals surface area contributed by atoms with E-state index >= 15 is 0 Å². The fraction of sp³-hybridized carbons (Fsp3) is 0.154. The second-order valence-corrected chi connectivity index (χ2v) is 4.88. The molecule has 4 nitrogen and oxygen atoms in total. The molecule has 0 aliphatic rings. The summed E-state index contributed by atoms with van der Waals surface area (Å²) in [6.45, 7) is 0.505. The van der Waals surface area contributed by atoms with Crippen molar-refractivity contribution in [3.63, 3.8) is 0 Å². The first-order valence-electron chi connectivity index (χ1n) is 5.39. The van der Waals surface area contributed by atoms with Crippen LogP contribution >= 0.6 is 15.9 Å².